The van der Waals surface area contributed by atoms with Crippen molar-refractivity contribution in [3.8, 4) is 0 Å². The molecule has 1 saturated heterocycles. The first-order chi connectivity index (χ1) is 14.8. The molecule has 6 heteroatoms. The summed E-state index contributed by atoms with van der Waals surface area (Å²) in [5.74, 6) is 0.388. The molecule has 0 atom stereocenters. The van der Waals surface area contributed by atoms with Crippen molar-refractivity contribution in [2.24, 2.45) is 5.92 Å². The zero-order valence-electron chi connectivity index (χ0n) is 19.4. The summed E-state index contributed by atoms with van der Waals surface area (Å²) in [6, 6.07) is 10.5. The molecular formula is C25H39N3O3. The smallest absolute Gasteiger partial charge is 0.410 e. The summed E-state index contributed by atoms with van der Waals surface area (Å²) in [6.45, 7) is 8.38. The van der Waals surface area contributed by atoms with Crippen LogP contribution in [0.4, 0.5) is 9.59 Å². The standard InChI is InChI=1S/C25H39N3O3/c1-25(2,3)31-24(30)27-16-14-21(15-17-27)19-28(18-20-10-6-4-7-11-20)23(29)26-22-12-8-5-9-13-22/h4,6-7,10-11,21-22H,5,8-9,12-19H2,1-3H3,(H,26,29). The van der Waals surface area contributed by atoms with Gasteiger partial charge in [0.2, 0.25) is 0 Å². The highest BCUT2D eigenvalue weighted by atomic mass is 16.6. The second-order valence-corrected chi connectivity index (χ2v) is 10.1. The van der Waals surface area contributed by atoms with E-state index in [9.17, 15) is 9.59 Å². The molecule has 1 aliphatic carbocycles. The Labute approximate surface area is 187 Å². The summed E-state index contributed by atoms with van der Waals surface area (Å²) in [7, 11) is 0. The van der Waals surface area contributed by atoms with Gasteiger partial charge < -0.3 is 19.9 Å². The van der Waals surface area contributed by atoms with Gasteiger partial charge in [0.25, 0.3) is 0 Å². The number of nitrogens with one attached hydrogen (secondary N) is 1. The normalized spacial score (nSPS) is 18.5. The summed E-state index contributed by atoms with van der Waals surface area (Å²) in [4.78, 5) is 29.3. The number of likely N-dealkylation sites (tertiary alicyclic amines) is 1. The Morgan fingerprint density at radius 1 is 1.03 bits per heavy atom. The molecule has 0 bridgehead atoms. The van der Waals surface area contributed by atoms with Gasteiger partial charge in [0.05, 0.1) is 0 Å². The minimum Gasteiger partial charge on any atom is -0.444 e. The maximum Gasteiger partial charge on any atom is 0.410 e. The van der Waals surface area contributed by atoms with Crippen LogP contribution in [0.15, 0.2) is 30.3 Å². The van der Waals surface area contributed by atoms with Crippen LogP contribution in [0.3, 0.4) is 0 Å². The summed E-state index contributed by atoms with van der Waals surface area (Å²) in [5.41, 5.74) is 0.671. The van der Waals surface area contributed by atoms with Crippen molar-refractivity contribution in [1.82, 2.24) is 15.1 Å². The van der Waals surface area contributed by atoms with Gasteiger partial charge in [-0.3, -0.25) is 0 Å². The Kier molecular flexibility index (Phi) is 8.22. The maximum absolute atomic E-state index is 13.1. The van der Waals surface area contributed by atoms with Crippen molar-refractivity contribution in [3.05, 3.63) is 35.9 Å². The minimum atomic E-state index is -0.475. The monoisotopic (exact) mass is 429 g/mol. The van der Waals surface area contributed by atoms with Crippen LogP contribution in [-0.4, -0.2) is 53.2 Å². The van der Waals surface area contributed by atoms with Crippen molar-refractivity contribution in [3.63, 3.8) is 0 Å². The molecule has 1 aromatic rings. The molecule has 1 aliphatic heterocycles. The number of ether oxygens (including phenoxy) is 1. The van der Waals surface area contributed by atoms with Gasteiger partial charge in [-0.2, -0.15) is 0 Å². The van der Waals surface area contributed by atoms with Crippen LogP contribution in [0.2, 0.25) is 0 Å². The highest BCUT2D eigenvalue weighted by molar-refractivity contribution is 5.74. The van der Waals surface area contributed by atoms with Gasteiger partial charge in [-0.1, -0.05) is 49.6 Å². The van der Waals surface area contributed by atoms with Crippen molar-refractivity contribution < 1.29 is 14.3 Å². The lowest BCUT2D eigenvalue weighted by Gasteiger charge is -2.36. The summed E-state index contributed by atoms with van der Waals surface area (Å²) in [5, 5.41) is 3.28. The van der Waals surface area contributed by atoms with E-state index in [1.807, 2.05) is 43.9 Å². The minimum absolute atomic E-state index is 0.0466. The number of carbonyl (C=O) groups is 2. The summed E-state index contributed by atoms with van der Waals surface area (Å²) >= 11 is 0. The number of carbonyl (C=O) groups excluding carboxylic acids is 2. The Balaban J connectivity index is 1.56. The fourth-order valence-corrected chi connectivity index (χ4v) is 4.47. The number of hydrogen-bond acceptors (Lipinski definition) is 3. The van der Waals surface area contributed by atoms with Crippen LogP contribution in [0.25, 0.3) is 0 Å². The number of urea groups is 1. The largest absolute Gasteiger partial charge is 0.444 e. The second kappa shape index (κ2) is 10.9. The zero-order chi connectivity index (χ0) is 22.3. The highest BCUT2D eigenvalue weighted by Crippen LogP contribution is 2.23. The number of amides is 3. The average molecular weight is 430 g/mol. The summed E-state index contributed by atoms with van der Waals surface area (Å²) in [6.07, 6.45) is 7.39. The van der Waals surface area contributed by atoms with E-state index in [0.717, 1.165) is 37.8 Å². The van der Waals surface area contributed by atoms with Gasteiger partial charge >= 0.3 is 12.1 Å². The predicted molar refractivity (Wildman–Crippen MR) is 123 cm³/mol. The molecule has 1 saturated carbocycles. The molecule has 3 rings (SSSR count). The van der Waals surface area contributed by atoms with Crippen molar-refractivity contribution >= 4 is 12.1 Å². The lowest BCUT2D eigenvalue weighted by atomic mass is 9.95. The molecular weight excluding hydrogens is 390 g/mol. The molecule has 3 amide bonds. The van der Waals surface area contributed by atoms with Crippen LogP contribution in [0.1, 0.15) is 71.3 Å². The Morgan fingerprint density at radius 2 is 1.68 bits per heavy atom. The third-order valence-electron chi connectivity index (χ3n) is 6.18. The van der Waals surface area contributed by atoms with Gasteiger partial charge in [0, 0.05) is 32.2 Å². The number of piperidine rings is 1. The van der Waals surface area contributed by atoms with E-state index in [4.69, 9.17) is 4.74 Å². The van der Waals surface area contributed by atoms with E-state index in [-0.39, 0.29) is 12.1 Å². The van der Waals surface area contributed by atoms with Gasteiger partial charge in [-0.25, -0.2) is 9.59 Å². The molecule has 1 aromatic carbocycles. The molecule has 1 N–H and O–H groups in total. The van der Waals surface area contributed by atoms with E-state index in [1.54, 1.807) is 4.90 Å². The number of hydrogen-bond donors (Lipinski definition) is 1. The lowest BCUT2D eigenvalue weighted by Crippen LogP contribution is -2.48. The highest BCUT2D eigenvalue weighted by Gasteiger charge is 2.29. The molecule has 1 heterocycles. The maximum atomic E-state index is 13.1. The SMILES string of the molecule is CC(C)(C)OC(=O)N1CCC(CN(Cc2ccccc2)C(=O)NC2CCCCC2)CC1. The molecule has 31 heavy (non-hydrogen) atoms. The fourth-order valence-electron chi connectivity index (χ4n) is 4.47. The molecule has 0 radical (unpaired) electrons. The van der Waals surface area contributed by atoms with Crippen LogP contribution in [0, 0.1) is 5.92 Å². The molecule has 0 spiro atoms. The quantitative estimate of drug-likeness (QED) is 0.702. The van der Waals surface area contributed by atoms with Gasteiger partial charge in [-0.15, -0.1) is 0 Å². The first-order valence-corrected chi connectivity index (χ1v) is 11.9. The molecule has 0 aromatic heterocycles. The predicted octanol–water partition coefficient (Wildman–Crippen LogP) is 5.18. The van der Waals surface area contributed by atoms with E-state index in [0.29, 0.717) is 31.6 Å². The fraction of sp³-hybridized carbons (Fsp3) is 0.680. The van der Waals surface area contributed by atoms with Crippen LogP contribution in [0.5, 0.6) is 0 Å². The molecule has 6 nitrogen and oxygen atoms in total. The van der Waals surface area contributed by atoms with E-state index in [1.165, 1.54) is 19.3 Å². The van der Waals surface area contributed by atoms with E-state index in [2.05, 4.69) is 17.4 Å². The number of rotatable bonds is 5. The van der Waals surface area contributed by atoms with Crippen LogP contribution in [-0.2, 0) is 11.3 Å². The van der Waals surface area contributed by atoms with Crippen LogP contribution >= 0.6 is 0 Å². The zero-order valence-corrected chi connectivity index (χ0v) is 19.4. The number of nitrogens with zero attached hydrogens (tertiary/aromatic N) is 2. The molecule has 2 fully saturated rings. The Bertz CT molecular complexity index is 702. The van der Waals surface area contributed by atoms with E-state index < -0.39 is 5.60 Å². The first-order valence-electron chi connectivity index (χ1n) is 11.9. The van der Waals surface area contributed by atoms with Crippen LogP contribution < -0.4 is 5.32 Å². The number of benzene rings is 1. The van der Waals surface area contributed by atoms with E-state index >= 15 is 0 Å². The molecule has 172 valence electrons. The first kappa shape index (κ1) is 23.4. The molecule has 0 unspecified atom stereocenters. The lowest BCUT2D eigenvalue weighted by molar-refractivity contribution is 0.0172. The third kappa shape index (κ3) is 7.75. The topological polar surface area (TPSA) is 61.9 Å². The Hall–Kier alpha value is -2.24. The van der Waals surface area contributed by atoms with Crippen molar-refractivity contribution in [2.75, 3.05) is 19.6 Å². The van der Waals surface area contributed by atoms with Crippen molar-refractivity contribution in [2.45, 2.75) is 83.9 Å². The summed E-state index contributed by atoms with van der Waals surface area (Å²) < 4.78 is 5.51. The Morgan fingerprint density at radius 3 is 2.29 bits per heavy atom. The van der Waals surface area contributed by atoms with Crippen molar-refractivity contribution in [1.29, 1.82) is 0 Å². The van der Waals surface area contributed by atoms with Gasteiger partial charge in [0.1, 0.15) is 5.60 Å². The molecule has 2 aliphatic rings. The average Bonchev–Trinajstić information content (AvgIpc) is 2.74. The third-order valence-corrected chi connectivity index (χ3v) is 6.18. The second-order valence-electron chi connectivity index (χ2n) is 10.1. The van der Waals surface area contributed by atoms with Gasteiger partial charge in [-0.05, 0) is 57.9 Å². The van der Waals surface area contributed by atoms with Gasteiger partial charge in [0.15, 0.2) is 0 Å².